The highest BCUT2D eigenvalue weighted by Gasteiger charge is 2.26. The highest BCUT2D eigenvalue weighted by Crippen LogP contribution is 2.29. The number of rotatable bonds is 7. The summed E-state index contributed by atoms with van der Waals surface area (Å²) in [5.74, 6) is 5.15. The molecule has 2 saturated heterocycles. The van der Waals surface area contributed by atoms with Crippen molar-refractivity contribution in [2.24, 2.45) is 11.8 Å². The predicted octanol–water partition coefficient (Wildman–Crippen LogP) is 6.69. The van der Waals surface area contributed by atoms with E-state index in [1.165, 1.54) is 12.1 Å². The van der Waals surface area contributed by atoms with Gasteiger partial charge in [0.25, 0.3) is 0 Å². The Morgan fingerprint density at radius 1 is 0.860 bits per heavy atom. The minimum Gasteiger partial charge on any atom is -0.459 e. The van der Waals surface area contributed by atoms with Crippen LogP contribution in [0.2, 0.25) is 5.02 Å². The molecule has 0 spiro atoms. The maximum absolute atomic E-state index is 6.03. The van der Waals surface area contributed by atoms with E-state index in [-0.39, 0.29) is 0 Å². The van der Waals surface area contributed by atoms with Crippen LogP contribution in [0.5, 0.6) is 0 Å². The molecule has 43 heavy (non-hydrogen) atoms. The second-order valence-corrected chi connectivity index (χ2v) is 12.5. The van der Waals surface area contributed by atoms with Crippen molar-refractivity contribution in [2.75, 3.05) is 59.3 Å². The zero-order chi connectivity index (χ0) is 29.8. The molecule has 0 bridgehead atoms. The third-order valence-corrected chi connectivity index (χ3v) is 8.55. The van der Waals surface area contributed by atoms with E-state index in [9.17, 15) is 0 Å². The lowest BCUT2D eigenvalue weighted by Gasteiger charge is -2.38. The molecule has 2 aliphatic rings. The Bertz CT molecular complexity index is 1510. The van der Waals surface area contributed by atoms with Crippen molar-refractivity contribution in [1.29, 1.82) is 0 Å². The summed E-state index contributed by atoms with van der Waals surface area (Å²) in [4.78, 5) is 17.0. The van der Waals surface area contributed by atoms with E-state index in [0.29, 0.717) is 34.5 Å². The first-order valence-electron chi connectivity index (χ1n) is 15.0. The number of piperazine rings is 1. The molecule has 4 aromatic rings. The standard InChI is InChI=1S/C33H38ClN7OS/c1-23-18-24(2)22-41(21-23)31-19-30(40-16-14-39(15-17-40)27-6-4-3-5-7-27)36-32(37-31)38-33(43)35-20-28-12-13-29(42-28)25-8-10-26(34)11-9-25/h3-13,19,23-24H,14-18,20-22H2,1-2H3,(H2,35,36,37,38,43)/t23-,24+. The Labute approximate surface area is 264 Å². The SMILES string of the molecule is C[C@@H]1C[C@H](C)CN(c2cc(N3CCN(c4ccccc4)CC3)nc(NC(=S)NCc3ccc(-c4ccc(Cl)cc4)o3)n2)C1. The van der Waals surface area contributed by atoms with Gasteiger partial charge in [0, 0.05) is 61.6 Å². The van der Waals surface area contributed by atoms with E-state index in [0.717, 1.165) is 68.0 Å². The van der Waals surface area contributed by atoms with E-state index in [4.69, 9.17) is 38.2 Å². The summed E-state index contributed by atoms with van der Waals surface area (Å²) >= 11 is 11.7. The number of benzene rings is 2. The molecule has 8 nitrogen and oxygen atoms in total. The van der Waals surface area contributed by atoms with Crippen LogP contribution in [0.15, 0.2) is 77.2 Å². The van der Waals surface area contributed by atoms with Gasteiger partial charge in [0.05, 0.1) is 6.54 Å². The van der Waals surface area contributed by atoms with Crippen LogP contribution in [0.25, 0.3) is 11.3 Å². The molecule has 0 unspecified atom stereocenters. The minimum absolute atomic E-state index is 0.439. The van der Waals surface area contributed by atoms with Crippen molar-refractivity contribution < 1.29 is 4.42 Å². The van der Waals surface area contributed by atoms with Crippen LogP contribution in [-0.4, -0.2) is 54.3 Å². The minimum atomic E-state index is 0.439. The molecule has 2 fully saturated rings. The Kier molecular flexibility index (Phi) is 9.00. The molecule has 2 aliphatic heterocycles. The molecule has 0 amide bonds. The van der Waals surface area contributed by atoms with Crippen LogP contribution in [0.4, 0.5) is 23.3 Å². The number of hydrogen-bond acceptors (Lipinski definition) is 7. The van der Waals surface area contributed by atoms with Crippen molar-refractivity contribution >= 4 is 52.2 Å². The van der Waals surface area contributed by atoms with Gasteiger partial charge >= 0.3 is 0 Å². The molecule has 10 heteroatoms. The number of nitrogens with zero attached hydrogens (tertiary/aromatic N) is 5. The zero-order valence-corrected chi connectivity index (χ0v) is 26.2. The molecule has 0 saturated carbocycles. The van der Waals surface area contributed by atoms with Gasteiger partial charge in [-0.25, -0.2) is 0 Å². The number of piperidine rings is 1. The van der Waals surface area contributed by atoms with Gasteiger partial charge < -0.3 is 29.8 Å². The molecule has 2 aromatic carbocycles. The van der Waals surface area contributed by atoms with E-state index in [1.54, 1.807) is 0 Å². The third kappa shape index (κ3) is 7.40. The molecule has 2 N–H and O–H groups in total. The Morgan fingerprint density at radius 2 is 1.51 bits per heavy atom. The van der Waals surface area contributed by atoms with E-state index in [1.807, 2.05) is 36.4 Å². The van der Waals surface area contributed by atoms with E-state index >= 15 is 0 Å². The van der Waals surface area contributed by atoms with Gasteiger partial charge in [-0.2, -0.15) is 9.97 Å². The Balaban J connectivity index is 1.15. The number of anilines is 4. The Morgan fingerprint density at radius 3 is 2.21 bits per heavy atom. The fourth-order valence-electron chi connectivity index (χ4n) is 6.04. The lowest BCUT2D eigenvalue weighted by atomic mass is 9.92. The number of para-hydroxylation sites is 1. The number of furan rings is 1. The number of thiocarbonyl (C=S) groups is 1. The monoisotopic (exact) mass is 615 g/mol. The largest absolute Gasteiger partial charge is 0.459 e. The predicted molar refractivity (Wildman–Crippen MR) is 180 cm³/mol. The van der Waals surface area contributed by atoms with Gasteiger partial charge in [-0.15, -0.1) is 0 Å². The van der Waals surface area contributed by atoms with Crippen LogP contribution >= 0.6 is 23.8 Å². The molecular weight excluding hydrogens is 578 g/mol. The van der Waals surface area contributed by atoms with Crippen LogP contribution in [0.1, 0.15) is 26.0 Å². The lowest BCUT2D eigenvalue weighted by molar-refractivity contribution is 0.355. The quantitative estimate of drug-likeness (QED) is 0.221. The smallest absolute Gasteiger partial charge is 0.232 e. The van der Waals surface area contributed by atoms with Gasteiger partial charge in [0.15, 0.2) is 5.11 Å². The van der Waals surface area contributed by atoms with E-state index in [2.05, 4.69) is 75.6 Å². The van der Waals surface area contributed by atoms with Gasteiger partial charge in [-0.1, -0.05) is 43.6 Å². The van der Waals surface area contributed by atoms with Gasteiger partial charge in [-0.3, -0.25) is 0 Å². The summed E-state index contributed by atoms with van der Waals surface area (Å²) in [5.41, 5.74) is 2.23. The molecule has 0 aliphatic carbocycles. The summed E-state index contributed by atoms with van der Waals surface area (Å²) in [5, 5.41) is 7.64. The summed E-state index contributed by atoms with van der Waals surface area (Å²) in [6.07, 6.45) is 1.24. The average Bonchev–Trinajstić information content (AvgIpc) is 3.49. The normalized spacial score (nSPS) is 18.9. The average molecular weight is 616 g/mol. The molecule has 2 atom stereocenters. The highest BCUT2D eigenvalue weighted by atomic mass is 35.5. The van der Waals surface area contributed by atoms with Crippen molar-refractivity contribution in [1.82, 2.24) is 15.3 Å². The second-order valence-electron chi connectivity index (χ2n) is 11.6. The van der Waals surface area contributed by atoms with Crippen LogP contribution < -0.4 is 25.3 Å². The first-order chi connectivity index (χ1) is 20.9. The molecule has 224 valence electrons. The van der Waals surface area contributed by atoms with Crippen LogP contribution in [0.3, 0.4) is 0 Å². The van der Waals surface area contributed by atoms with Crippen molar-refractivity contribution in [2.45, 2.75) is 26.8 Å². The summed E-state index contributed by atoms with van der Waals surface area (Å²) in [7, 11) is 0. The molecular formula is C33H38ClN7OS. The summed E-state index contributed by atoms with van der Waals surface area (Å²) in [6, 6.07) is 24.2. The summed E-state index contributed by atoms with van der Waals surface area (Å²) in [6.45, 7) is 10.7. The van der Waals surface area contributed by atoms with E-state index < -0.39 is 0 Å². The van der Waals surface area contributed by atoms with Gasteiger partial charge in [-0.05, 0) is 79.0 Å². The molecule has 6 rings (SSSR count). The maximum Gasteiger partial charge on any atom is 0.232 e. The first-order valence-corrected chi connectivity index (χ1v) is 15.8. The zero-order valence-electron chi connectivity index (χ0n) is 24.7. The third-order valence-electron chi connectivity index (χ3n) is 8.06. The fourth-order valence-corrected chi connectivity index (χ4v) is 6.33. The topological polar surface area (TPSA) is 72.7 Å². The van der Waals surface area contributed by atoms with Crippen LogP contribution in [0, 0.1) is 11.8 Å². The van der Waals surface area contributed by atoms with Crippen molar-refractivity contribution in [3.8, 4) is 11.3 Å². The maximum atomic E-state index is 6.03. The van der Waals surface area contributed by atoms with Crippen molar-refractivity contribution in [3.05, 3.63) is 83.6 Å². The lowest BCUT2D eigenvalue weighted by Crippen LogP contribution is -2.47. The van der Waals surface area contributed by atoms with Gasteiger partial charge in [0.1, 0.15) is 23.2 Å². The molecule has 0 radical (unpaired) electrons. The highest BCUT2D eigenvalue weighted by molar-refractivity contribution is 7.80. The van der Waals surface area contributed by atoms with Crippen LogP contribution in [-0.2, 0) is 6.54 Å². The Hall–Kier alpha value is -3.82. The number of nitrogens with one attached hydrogen (secondary N) is 2. The van der Waals surface area contributed by atoms with Crippen molar-refractivity contribution in [3.63, 3.8) is 0 Å². The summed E-state index contributed by atoms with van der Waals surface area (Å²) < 4.78 is 6.03. The second kappa shape index (κ2) is 13.2. The molecule has 4 heterocycles. The number of aromatic nitrogens is 2. The molecule has 2 aromatic heterocycles. The number of hydrogen-bond donors (Lipinski definition) is 2. The van der Waals surface area contributed by atoms with Gasteiger partial charge in [0.2, 0.25) is 5.95 Å². The fraction of sp³-hybridized carbons (Fsp3) is 0.364. The number of halogens is 1. The first kappa shape index (κ1) is 29.3.